The fourth-order valence-electron chi connectivity index (χ4n) is 8.55. The lowest BCUT2D eigenvalue weighted by atomic mass is 9.97. The number of aliphatic hydroxyl groups is 8. The second-order valence-electron chi connectivity index (χ2n) is 19.3. The van der Waals surface area contributed by atoms with Crippen LogP contribution in [0.2, 0.25) is 0 Å². The molecule has 2 aliphatic heterocycles. The molecule has 2 heterocycles. The summed E-state index contributed by atoms with van der Waals surface area (Å²) in [6, 6.07) is -0.964. The lowest BCUT2D eigenvalue weighted by Crippen LogP contribution is -2.65. The topological polar surface area (TPSA) is 228 Å². The van der Waals surface area contributed by atoms with Gasteiger partial charge in [-0.1, -0.05) is 176 Å². The number of nitrogens with one attached hydrogen (secondary N) is 1. The average Bonchev–Trinajstić information content (AvgIpc) is 3.38. The molecule has 14 nitrogen and oxygen atoms in total. The third-order valence-corrected chi connectivity index (χ3v) is 13.0. The second kappa shape index (κ2) is 43.4. The fourth-order valence-corrected chi connectivity index (χ4v) is 8.55. The summed E-state index contributed by atoms with van der Waals surface area (Å²) in [4.78, 5) is 13.2. The van der Waals surface area contributed by atoms with Crippen molar-refractivity contribution in [2.24, 2.45) is 0 Å². The monoisotopic (exact) mass is 1020 g/mol. The van der Waals surface area contributed by atoms with Crippen molar-refractivity contribution in [3.63, 3.8) is 0 Å². The van der Waals surface area contributed by atoms with E-state index in [0.717, 1.165) is 64.2 Å². The van der Waals surface area contributed by atoms with E-state index in [4.69, 9.17) is 18.9 Å². The molecule has 2 rings (SSSR count). The Kier molecular flexibility index (Phi) is 39.4. The van der Waals surface area contributed by atoms with Crippen LogP contribution in [-0.4, -0.2) is 140 Å². The Morgan fingerprint density at radius 2 is 0.972 bits per heavy atom. The van der Waals surface area contributed by atoms with Crippen LogP contribution in [0.4, 0.5) is 0 Å². The first-order chi connectivity index (χ1) is 35.1. The van der Waals surface area contributed by atoms with Crippen LogP contribution in [-0.2, 0) is 23.7 Å². The molecule has 0 aromatic rings. The Balaban J connectivity index is 1.84. The summed E-state index contributed by atoms with van der Waals surface area (Å²) in [6.07, 6.45) is 40.6. The van der Waals surface area contributed by atoms with Crippen molar-refractivity contribution in [2.45, 2.75) is 254 Å². The van der Waals surface area contributed by atoms with Gasteiger partial charge in [-0.25, -0.2) is 0 Å². The summed E-state index contributed by atoms with van der Waals surface area (Å²) in [5.41, 5.74) is 0. The van der Waals surface area contributed by atoms with E-state index in [2.05, 4.69) is 92.1 Å². The molecule has 2 aliphatic rings. The van der Waals surface area contributed by atoms with Gasteiger partial charge >= 0.3 is 0 Å². The van der Waals surface area contributed by atoms with Gasteiger partial charge in [0.05, 0.1) is 32.0 Å². The van der Waals surface area contributed by atoms with E-state index in [1.807, 2.05) is 6.08 Å². The number of hydrogen-bond donors (Lipinski definition) is 9. The molecule has 2 saturated heterocycles. The molecule has 72 heavy (non-hydrogen) atoms. The molecule has 14 heteroatoms. The summed E-state index contributed by atoms with van der Waals surface area (Å²) < 4.78 is 22.7. The van der Waals surface area contributed by atoms with Gasteiger partial charge in [-0.05, 0) is 83.5 Å². The summed E-state index contributed by atoms with van der Waals surface area (Å²) in [7, 11) is 0. The standard InChI is InChI=1S/C58H99NO13/c1-3-5-7-9-11-13-15-17-19-20-21-22-23-24-25-26-28-29-31-33-35-37-39-41-47(62)46(59-50(63)42-40-38-36-34-32-30-27-18-16-14-12-10-8-6-4-2)45-69-57-55(68)53(66)56(49(44-61)71-57)72-58-54(67)52(65)51(64)48(43-60)70-58/h6,8,12,14,18,25-27,31-34,39,41,46-49,51-58,60-62,64-68H,3-5,7,9-11,13,15-17,19-24,28-30,35-38,40,42-45H2,1-2H3,(H,59,63)/b8-6-,14-12-,26-25+,27-18-,33-31+,34-32-,41-39+. The molecule has 12 atom stereocenters. The molecule has 0 bridgehead atoms. The fraction of sp³-hybridized carbons (Fsp3) is 0.741. The smallest absolute Gasteiger partial charge is 0.220 e. The summed E-state index contributed by atoms with van der Waals surface area (Å²) in [5, 5.41) is 86.8. The third-order valence-electron chi connectivity index (χ3n) is 13.0. The summed E-state index contributed by atoms with van der Waals surface area (Å²) in [5.74, 6) is -0.297. The number of amides is 1. The van der Waals surface area contributed by atoms with Crippen molar-refractivity contribution >= 4 is 5.91 Å². The van der Waals surface area contributed by atoms with Crippen LogP contribution in [0.15, 0.2) is 85.1 Å². The van der Waals surface area contributed by atoms with Crippen LogP contribution in [0.5, 0.6) is 0 Å². The largest absolute Gasteiger partial charge is 0.394 e. The minimum absolute atomic E-state index is 0.213. The highest BCUT2D eigenvalue weighted by molar-refractivity contribution is 5.76. The highest BCUT2D eigenvalue weighted by Gasteiger charge is 2.51. The maximum atomic E-state index is 13.2. The Hall–Kier alpha value is -2.83. The van der Waals surface area contributed by atoms with Crippen LogP contribution in [0, 0.1) is 0 Å². The highest BCUT2D eigenvalue weighted by atomic mass is 16.7. The van der Waals surface area contributed by atoms with E-state index in [0.29, 0.717) is 12.8 Å². The van der Waals surface area contributed by atoms with Crippen molar-refractivity contribution in [1.82, 2.24) is 5.32 Å². The molecule has 2 fully saturated rings. The minimum atomic E-state index is -1.80. The zero-order valence-electron chi connectivity index (χ0n) is 44.1. The Labute approximate surface area is 433 Å². The second-order valence-corrected chi connectivity index (χ2v) is 19.3. The van der Waals surface area contributed by atoms with Crippen molar-refractivity contribution in [2.75, 3.05) is 19.8 Å². The third kappa shape index (κ3) is 29.3. The maximum absolute atomic E-state index is 13.2. The predicted octanol–water partition coefficient (Wildman–Crippen LogP) is 8.55. The zero-order chi connectivity index (χ0) is 52.4. The number of carbonyl (C=O) groups excluding carboxylic acids is 1. The minimum Gasteiger partial charge on any atom is -0.394 e. The van der Waals surface area contributed by atoms with Gasteiger partial charge in [-0.15, -0.1) is 0 Å². The van der Waals surface area contributed by atoms with Gasteiger partial charge in [0.1, 0.15) is 48.8 Å². The van der Waals surface area contributed by atoms with Gasteiger partial charge < -0.3 is 65.1 Å². The maximum Gasteiger partial charge on any atom is 0.220 e. The Bertz CT molecular complexity index is 1530. The van der Waals surface area contributed by atoms with Gasteiger partial charge in [0, 0.05) is 6.42 Å². The van der Waals surface area contributed by atoms with Gasteiger partial charge in [-0.2, -0.15) is 0 Å². The van der Waals surface area contributed by atoms with E-state index >= 15 is 0 Å². The van der Waals surface area contributed by atoms with Crippen LogP contribution in [0.1, 0.15) is 181 Å². The molecular weight excluding hydrogens is 919 g/mol. The molecule has 0 aromatic carbocycles. The first-order valence-corrected chi connectivity index (χ1v) is 27.8. The average molecular weight is 1020 g/mol. The molecule has 414 valence electrons. The molecule has 0 spiro atoms. The van der Waals surface area contributed by atoms with Crippen LogP contribution < -0.4 is 5.32 Å². The van der Waals surface area contributed by atoms with Gasteiger partial charge in [0.25, 0.3) is 0 Å². The normalized spacial score (nSPS) is 26.2. The first kappa shape index (κ1) is 65.3. The SMILES string of the molecule is CC/C=C\C/C=C\C/C=C\C/C=C\CCCCC(=O)NC(COC1OC(CO)C(OC2OC(CO)C(O)C(O)C2O)C(O)C1O)C(O)/C=C/CC/C=C/CC/C=C/CCCCCCCCCCCCCCC. The summed E-state index contributed by atoms with van der Waals surface area (Å²) in [6.45, 7) is 2.61. The Morgan fingerprint density at radius 1 is 0.514 bits per heavy atom. The predicted molar refractivity (Wildman–Crippen MR) is 286 cm³/mol. The molecule has 1 amide bonds. The van der Waals surface area contributed by atoms with E-state index < -0.39 is 86.8 Å². The molecule has 9 N–H and O–H groups in total. The van der Waals surface area contributed by atoms with Gasteiger partial charge in [0.2, 0.25) is 5.91 Å². The molecule has 0 aromatic heterocycles. The van der Waals surface area contributed by atoms with Crippen LogP contribution in [0.25, 0.3) is 0 Å². The van der Waals surface area contributed by atoms with Gasteiger partial charge in [0.15, 0.2) is 12.6 Å². The molecular formula is C58H99NO13. The number of allylic oxidation sites excluding steroid dienone is 13. The zero-order valence-corrected chi connectivity index (χ0v) is 44.1. The van der Waals surface area contributed by atoms with E-state index in [9.17, 15) is 45.6 Å². The lowest BCUT2D eigenvalue weighted by Gasteiger charge is -2.46. The van der Waals surface area contributed by atoms with Crippen LogP contribution in [0.3, 0.4) is 0 Å². The van der Waals surface area contributed by atoms with Crippen molar-refractivity contribution in [3.05, 3.63) is 85.1 Å². The summed E-state index contributed by atoms with van der Waals surface area (Å²) >= 11 is 0. The Morgan fingerprint density at radius 3 is 1.53 bits per heavy atom. The van der Waals surface area contributed by atoms with E-state index in [1.54, 1.807) is 6.08 Å². The molecule has 0 saturated carbocycles. The molecule has 0 aliphatic carbocycles. The van der Waals surface area contributed by atoms with E-state index in [-0.39, 0.29) is 18.9 Å². The number of unbranched alkanes of at least 4 members (excludes halogenated alkanes) is 17. The number of aliphatic hydroxyl groups excluding tert-OH is 8. The lowest BCUT2D eigenvalue weighted by molar-refractivity contribution is -0.359. The molecule has 12 unspecified atom stereocenters. The quantitative estimate of drug-likeness (QED) is 0.0207. The van der Waals surface area contributed by atoms with Crippen LogP contribution >= 0.6 is 0 Å². The van der Waals surface area contributed by atoms with Crippen molar-refractivity contribution in [3.8, 4) is 0 Å². The van der Waals surface area contributed by atoms with Gasteiger partial charge in [-0.3, -0.25) is 4.79 Å². The highest BCUT2D eigenvalue weighted by Crippen LogP contribution is 2.30. The van der Waals surface area contributed by atoms with Crippen molar-refractivity contribution in [1.29, 1.82) is 0 Å². The number of hydrogen-bond acceptors (Lipinski definition) is 13. The van der Waals surface area contributed by atoms with E-state index in [1.165, 1.54) is 83.5 Å². The molecule has 0 radical (unpaired) electrons. The van der Waals surface area contributed by atoms with Crippen molar-refractivity contribution < 1.29 is 64.6 Å². The number of carbonyl (C=O) groups is 1. The number of rotatable bonds is 42. The number of ether oxygens (including phenoxy) is 4. The first-order valence-electron chi connectivity index (χ1n) is 27.8.